The molecule has 0 saturated heterocycles. The predicted molar refractivity (Wildman–Crippen MR) is 108 cm³/mol. The van der Waals surface area contributed by atoms with Gasteiger partial charge >= 0.3 is 0 Å². The van der Waals surface area contributed by atoms with E-state index in [-0.39, 0.29) is 0 Å². The zero-order valence-electron chi connectivity index (χ0n) is 17.1. The van der Waals surface area contributed by atoms with Crippen LogP contribution in [-0.2, 0) is 0 Å². The van der Waals surface area contributed by atoms with Crippen LogP contribution in [0.15, 0.2) is 0 Å². The van der Waals surface area contributed by atoms with E-state index in [2.05, 4.69) is 27.7 Å². The minimum atomic E-state index is 0.948. The third-order valence-corrected chi connectivity index (χ3v) is 5.34. The van der Waals surface area contributed by atoms with Crippen molar-refractivity contribution in [1.82, 2.24) is 0 Å². The van der Waals surface area contributed by atoms with E-state index in [4.69, 9.17) is 0 Å². The van der Waals surface area contributed by atoms with Crippen molar-refractivity contribution >= 4 is 0 Å². The van der Waals surface area contributed by atoms with Crippen LogP contribution < -0.4 is 0 Å². The van der Waals surface area contributed by atoms with E-state index in [1.54, 1.807) is 0 Å². The largest absolute Gasteiger partial charge is 0.0654 e. The Morgan fingerprint density at radius 2 is 0.913 bits per heavy atom. The van der Waals surface area contributed by atoms with E-state index in [1.807, 2.05) is 5.92 Å². The number of rotatable bonds is 18. The normalized spacial score (nSPS) is 12.9. The summed E-state index contributed by atoms with van der Waals surface area (Å²) in [5, 5.41) is 0. The zero-order valence-corrected chi connectivity index (χ0v) is 17.1. The lowest BCUT2D eigenvalue weighted by Gasteiger charge is -2.27. The lowest BCUT2D eigenvalue weighted by molar-refractivity contribution is 0.380. The first-order valence-corrected chi connectivity index (χ1v) is 11.1. The van der Waals surface area contributed by atoms with Crippen LogP contribution in [0.4, 0.5) is 0 Å². The van der Waals surface area contributed by atoms with Gasteiger partial charge in [0.2, 0.25) is 0 Å². The molecule has 0 aliphatic heterocycles. The van der Waals surface area contributed by atoms with Gasteiger partial charge in [-0.3, -0.25) is 0 Å². The van der Waals surface area contributed by atoms with Crippen LogP contribution in [0.3, 0.4) is 0 Å². The van der Waals surface area contributed by atoms with Gasteiger partial charge in [0.05, 0.1) is 0 Å². The summed E-state index contributed by atoms with van der Waals surface area (Å²) in [5.41, 5.74) is 0. The average molecular weight is 324 g/mol. The first-order valence-electron chi connectivity index (χ1n) is 11.1. The lowest BCUT2D eigenvalue weighted by Crippen LogP contribution is -2.14. The van der Waals surface area contributed by atoms with Gasteiger partial charge in [0.1, 0.15) is 0 Å². The van der Waals surface area contributed by atoms with Gasteiger partial charge in [-0.15, -0.1) is 0 Å². The minimum Gasteiger partial charge on any atom is -0.0654 e. The van der Waals surface area contributed by atoms with Gasteiger partial charge in [0.15, 0.2) is 0 Å². The highest BCUT2D eigenvalue weighted by Crippen LogP contribution is 2.34. The van der Waals surface area contributed by atoms with E-state index in [9.17, 15) is 0 Å². The van der Waals surface area contributed by atoms with Gasteiger partial charge in [-0.1, -0.05) is 111 Å². The Morgan fingerprint density at radius 1 is 0.478 bits per heavy atom. The number of unbranched alkanes of at least 4 members (excludes halogenated alkanes) is 9. The Labute approximate surface area is 149 Å². The molecule has 1 atom stereocenters. The highest BCUT2D eigenvalue weighted by molar-refractivity contribution is 4.96. The molecule has 0 aromatic carbocycles. The monoisotopic (exact) mass is 323 g/mol. The van der Waals surface area contributed by atoms with Crippen molar-refractivity contribution in [2.24, 2.45) is 5.92 Å². The van der Waals surface area contributed by atoms with Crippen LogP contribution in [0.2, 0.25) is 0 Å². The van der Waals surface area contributed by atoms with Crippen molar-refractivity contribution in [3.63, 3.8) is 0 Å². The molecule has 0 heterocycles. The van der Waals surface area contributed by atoms with Crippen molar-refractivity contribution in [1.29, 1.82) is 0 Å². The Balaban J connectivity index is 4.15. The quantitative estimate of drug-likeness (QED) is 0.221. The molecule has 0 spiro atoms. The molecule has 1 unspecified atom stereocenters. The van der Waals surface area contributed by atoms with Crippen LogP contribution in [0.1, 0.15) is 137 Å². The molecule has 0 aromatic heterocycles. The molecule has 0 aliphatic rings. The van der Waals surface area contributed by atoms with Gasteiger partial charge in [-0.2, -0.15) is 0 Å². The lowest BCUT2D eigenvalue weighted by atomic mass is 9.78. The Hall–Kier alpha value is 0. The van der Waals surface area contributed by atoms with Gasteiger partial charge in [0.25, 0.3) is 0 Å². The molecule has 23 heavy (non-hydrogen) atoms. The SMILES string of the molecule is CCCCCCCCCC(CCCC)[C](CCCC)CCCC. The van der Waals surface area contributed by atoms with Crippen LogP contribution in [-0.4, -0.2) is 0 Å². The minimum absolute atomic E-state index is 0.948. The second-order valence-electron chi connectivity index (χ2n) is 7.61. The molecule has 139 valence electrons. The van der Waals surface area contributed by atoms with E-state index in [1.165, 1.54) is 109 Å². The van der Waals surface area contributed by atoms with Crippen LogP contribution in [0, 0.1) is 11.8 Å². The summed E-state index contributed by atoms with van der Waals surface area (Å²) in [5.74, 6) is 2.89. The molecule has 1 radical (unpaired) electrons. The summed E-state index contributed by atoms with van der Waals surface area (Å²) in [6.07, 6.45) is 24.3. The summed E-state index contributed by atoms with van der Waals surface area (Å²) < 4.78 is 0. The number of hydrogen-bond donors (Lipinski definition) is 0. The molecule has 0 amide bonds. The molecule has 0 heteroatoms. The zero-order chi connectivity index (χ0) is 17.2. The van der Waals surface area contributed by atoms with Gasteiger partial charge in [-0.05, 0) is 37.5 Å². The molecule has 0 N–H and O–H groups in total. The van der Waals surface area contributed by atoms with Crippen molar-refractivity contribution in [3.05, 3.63) is 5.92 Å². The molecule has 0 aliphatic carbocycles. The van der Waals surface area contributed by atoms with Gasteiger partial charge in [0, 0.05) is 0 Å². The first-order chi connectivity index (χ1) is 11.3. The third-order valence-electron chi connectivity index (χ3n) is 5.34. The first kappa shape index (κ1) is 23.0. The maximum Gasteiger partial charge on any atom is -0.0210 e. The van der Waals surface area contributed by atoms with E-state index in [0.717, 1.165) is 5.92 Å². The maximum absolute atomic E-state index is 2.35. The highest BCUT2D eigenvalue weighted by Gasteiger charge is 2.20. The molecule has 0 rings (SSSR count). The average Bonchev–Trinajstić information content (AvgIpc) is 2.57. The smallest absolute Gasteiger partial charge is 0.0210 e. The maximum atomic E-state index is 2.35. The third kappa shape index (κ3) is 14.1. The van der Waals surface area contributed by atoms with Crippen molar-refractivity contribution < 1.29 is 0 Å². The molecule has 0 bridgehead atoms. The summed E-state index contributed by atoms with van der Waals surface area (Å²) in [6, 6.07) is 0. The number of hydrogen-bond acceptors (Lipinski definition) is 0. The van der Waals surface area contributed by atoms with Crippen molar-refractivity contribution in [2.45, 2.75) is 137 Å². The summed E-state index contributed by atoms with van der Waals surface area (Å²) >= 11 is 0. The second kappa shape index (κ2) is 18.3. The Kier molecular flexibility index (Phi) is 18.3. The molecular formula is C23H47. The molecule has 0 nitrogen and oxygen atoms in total. The van der Waals surface area contributed by atoms with E-state index < -0.39 is 0 Å². The Bertz CT molecular complexity index is 200. The summed E-state index contributed by atoms with van der Waals surface area (Å²) in [4.78, 5) is 0. The standard InChI is InChI=1S/C23H47/c1-5-9-13-14-15-16-17-21-23(20-12-8-4)22(18-10-6-2)19-11-7-3/h23H,5-21H2,1-4H3. The fraction of sp³-hybridized carbons (Fsp3) is 0.957. The topological polar surface area (TPSA) is 0 Å². The van der Waals surface area contributed by atoms with Crippen LogP contribution in [0.5, 0.6) is 0 Å². The van der Waals surface area contributed by atoms with Crippen molar-refractivity contribution in [2.75, 3.05) is 0 Å². The fourth-order valence-corrected chi connectivity index (χ4v) is 3.69. The predicted octanol–water partition coefficient (Wildman–Crippen LogP) is 8.89. The van der Waals surface area contributed by atoms with Gasteiger partial charge < -0.3 is 0 Å². The molecule has 0 aromatic rings. The van der Waals surface area contributed by atoms with E-state index in [0.29, 0.717) is 0 Å². The molecule has 0 fully saturated rings. The Morgan fingerprint density at radius 3 is 1.43 bits per heavy atom. The second-order valence-corrected chi connectivity index (χ2v) is 7.61. The van der Waals surface area contributed by atoms with Gasteiger partial charge in [-0.25, -0.2) is 0 Å². The van der Waals surface area contributed by atoms with Crippen LogP contribution >= 0.6 is 0 Å². The molecule has 0 saturated carbocycles. The summed E-state index contributed by atoms with van der Waals surface area (Å²) in [7, 11) is 0. The van der Waals surface area contributed by atoms with Crippen LogP contribution in [0.25, 0.3) is 0 Å². The van der Waals surface area contributed by atoms with Crippen molar-refractivity contribution in [3.8, 4) is 0 Å². The molecular weight excluding hydrogens is 276 g/mol. The fourth-order valence-electron chi connectivity index (χ4n) is 3.69. The summed E-state index contributed by atoms with van der Waals surface area (Å²) in [6.45, 7) is 9.34. The van der Waals surface area contributed by atoms with E-state index >= 15 is 0 Å². The highest BCUT2D eigenvalue weighted by atomic mass is 14.3.